The van der Waals surface area contributed by atoms with Gasteiger partial charge in [-0.2, -0.15) is 0 Å². The molecule has 0 fully saturated rings. The minimum Gasteiger partial charge on any atom is -0.202 e. The molecule has 0 aromatic carbocycles. The molecule has 0 aliphatic heterocycles. The van der Waals surface area contributed by atoms with Gasteiger partial charge in [0.2, 0.25) is 0 Å². The van der Waals surface area contributed by atoms with E-state index in [1.807, 2.05) is 0 Å². The number of hydrogen-bond acceptors (Lipinski definition) is 0. The molecule has 1 heteroatoms. The number of pyridine rings is 1. The van der Waals surface area contributed by atoms with Crippen molar-refractivity contribution in [1.82, 2.24) is 0 Å². The molecule has 1 aromatic rings. The molecule has 1 nitrogen and oxygen atoms in total. The Hall–Kier alpha value is -0.850. The predicted molar refractivity (Wildman–Crippen MR) is 65.1 cm³/mol. The van der Waals surface area contributed by atoms with Crippen LogP contribution in [0.5, 0.6) is 0 Å². The van der Waals surface area contributed by atoms with Gasteiger partial charge in [0, 0.05) is 17.5 Å². The number of hydrogen-bond donors (Lipinski definition) is 0. The topological polar surface area (TPSA) is 3.88 Å². The Balaban J connectivity index is 3.19. The van der Waals surface area contributed by atoms with Crippen LogP contribution in [0, 0.1) is 0 Å². The molecule has 84 valence electrons. The Labute approximate surface area is 94.1 Å². The fraction of sp³-hybridized carbons (Fsp3) is 0.643. The van der Waals surface area contributed by atoms with Crippen molar-refractivity contribution in [2.45, 2.75) is 59.9 Å². The van der Waals surface area contributed by atoms with Crippen LogP contribution in [-0.4, -0.2) is 0 Å². The molecule has 1 rings (SSSR count). The van der Waals surface area contributed by atoms with E-state index in [1.165, 1.54) is 24.0 Å². The first-order valence-corrected chi connectivity index (χ1v) is 6.30. The number of aryl methyl sites for hydroxylation is 3. The van der Waals surface area contributed by atoms with Crippen molar-refractivity contribution in [2.75, 3.05) is 0 Å². The summed E-state index contributed by atoms with van der Waals surface area (Å²) in [6.45, 7) is 10.1. The molecule has 0 saturated heterocycles. The summed E-state index contributed by atoms with van der Waals surface area (Å²) in [4.78, 5) is 0. The number of aromatic nitrogens is 1. The lowest BCUT2D eigenvalue weighted by Crippen LogP contribution is -2.38. The van der Waals surface area contributed by atoms with Gasteiger partial charge in [-0.05, 0) is 32.3 Å². The maximum absolute atomic E-state index is 2.43. The molecule has 0 aliphatic rings. The summed E-state index contributed by atoms with van der Waals surface area (Å²) in [6.07, 6.45) is 7.06. The third-order valence-electron chi connectivity index (χ3n) is 3.02. The average molecular weight is 206 g/mol. The molecule has 0 saturated carbocycles. The zero-order valence-corrected chi connectivity index (χ0v) is 10.6. The molecule has 0 unspecified atom stereocenters. The van der Waals surface area contributed by atoms with Crippen LogP contribution < -0.4 is 4.57 Å². The molecule has 1 aromatic heterocycles. The zero-order chi connectivity index (χ0) is 11.3. The smallest absolute Gasteiger partial charge is 0.184 e. The van der Waals surface area contributed by atoms with Crippen molar-refractivity contribution in [3.8, 4) is 0 Å². The lowest BCUT2D eigenvalue weighted by molar-refractivity contribution is -0.701. The van der Waals surface area contributed by atoms with E-state index in [1.54, 1.807) is 5.69 Å². The number of nitrogens with zero attached hydrogens (tertiary/aromatic N) is 1. The Kier molecular flexibility index (Phi) is 4.80. The standard InChI is InChI=1S/C14H24N/c1-5-9-14-13(7-3)10-12(6-2)11-15(14)8-4/h10-11H,5-9H2,1-4H3/q+1. The van der Waals surface area contributed by atoms with Crippen LogP contribution in [0.4, 0.5) is 0 Å². The molecule has 0 radical (unpaired) electrons. The van der Waals surface area contributed by atoms with Crippen molar-refractivity contribution >= 4 is 0 Å². The van der Waals surface area contributed by atoms with E-state index in [0.717, 1.165) is 19.4 Å². The van der Waals surface area contributed by atoms with Crippen molar-refractivity contribution in [3.63, 3.8) is 0 Å². The highest BCUT2D eigenvalue weighted by Gasteiger charge is 2.14. The largest absolute Gasteiger partial charge is 0.202 e. The third-order valence-corrected chi connectivity index (χ3v) is 3.02. The normalized spacial score (nSPS) is 10.7. The fourth-order valence-electron chi connectivity index (χ4n) is 2.13. The van der Waals surface area contributed by atoms with Crippen LogP contribution >= 0.6 is 0 Å². The molecule has 0 bridgehead atoms. The van der Waals surface area contributed by atoms with E-state index in [-0.39, 0.29) is 0 Å². The van der Waals surface area contributed by atoms with Crippen molar-refractivity contribution in [1.29, 1.82) is 0 Å². The van der Waals surface area contributed by atoms with Crippen molar-refractivity contribution in [3.05, 3.63) is 29.1 Å². The van der Waals surface area contributed by atoms with Gasteiger partial charge in [0.1, 0.15) is 6.54 Å². The summed E-state index contributed by atoms with van der Waals surface area (Å²) in [5.74, 6) is 0. The monoisotopic (exact) mass is 206 g/mol. The molecule has 0 N–H and O–H groups in total. The van der Waals surface area contributed by atoms with Crippen LogP contribution in [0.15, 0.2) is 12.3 Å². The second kappa shape index (κ2) is 5.89. The summed E-state index contributed by atoms with van der Waals surface area (Å²) >= 11 is 0. The van der Waals surface area contributed by atoms with Gasteiger partial charge in [0.05, 0.1) is 0 Å². The van der Waals surface area contributed by atoms with E-state index in [0.29, 0.717) is 0 Å². The minimum absolute atomic E-state index is 1.09. The highest BCUT2D eigenvalue weighted by atomic mass is 14.9. The summed E-state index contributed by atoms with van der Waals surface area (Å²) in [7, 11) is 0. The van der Waals surface area contributed by atoms with Crippen molar-refractivity contribution < 1.29 is 4.57 Å². The molecule has 0 spiro atoms. The van der Waals surface area contributed by atoms with Crippen LogP contribution in [0.2, 0.25) is 0 Å². The zero-order valence-electron chi connectivity index (χ0n) is 10.6. The highest BCUT2D eigenvalue weighted by molar-refractivity contribution is 5.21. The van der Waals surface area contributed by atoms with Gasteiger partial charge in [-0.1, -0.05) is 20.8 Å². The van der Waals surface area contributed by atoms with E-state index < -0.39 is 0 Å². The first kappa shape index (κ1) is 12.2. The van der Waals surface area contributed by atoms with Gasteiger partial charge in [0.25, 0.3) is 0 Å². The van der Waals surface area contributed by atoms with Gasteiger partial charge in [-0.25, -0.2) is 4.57 Å². The van der Waals surface area contributed by atoms with E-state index in [4.69, 9.17) is 0 Å². The van der Waals surface area contributed by atoms with Crippen LogP contribution in [-0.2, 0) is 25.8 Å². The third kappa shape index (κ3) is 2.80. The minimum atomic E-state index is 1.09. The lowest BCUT2D eigenvalue weighted by Gasteiger charge is -2.08. The Morgan fingerprint density at radius 3 is 2.27 bits per heavy atom. The second-order valence-electron chi connectivity index (χ2n) is 4.06. The molecule has 0 aliphatic carbocycles. The van der Waals surface area contributed by atoms with E-state index in [2.05, 4.69) is 44.5 Å². The quantitative estimate of drug-likeness (QED) is 0.652. The van der Waals surface area contributed by atoms with Crippen LogP contribution in [0.3, 0.4) is 0 Å². The first-order valence-electron chi connectivity index (χ1n) is 6.30. The van der Waals surface area contributed by atoms with Gasteiger partial charge >= 0.3 is 0 Å². The summed E-state index contributed by atoms with van der Waals surface area (Å²) in [5, 5.41) is 0. The average Bonchev–Trinajstić information content (AvgIpc) is 2.29. The van der Waals surface area contributed by atoms with Gasteiger partial charge in [-0.15, -0.1) is 0 Å². The molecule has 0 atom stereocenters. The first-order chi connectivity index (χ1) is 7.26. The Morgan fingerprint density at radius 2 is 1.80 bits per heavy atom. The second-order valence-corrected chi connectivity index (χ2v) is 4.06. The molecule has 1 heterocycles. The Bertz CT molecular complexity index is 290. The van der Waals surface area contributed by atoms with Crippen molar-refractivity contribution in [2.24, 2.45) is 0 Å². The molecule has 0 amide bonds. The van der Waals surface area contributed by atoms with E-state index >= 15 is 0 Å². The maximum Gasteiger partial charge on any atom is 0.184 e. The number of rotatable bonds is 5. The molecule has 15 heavy (non-hydrogen) atoms. The van der Waals surface area contributed by atoms with Gasteiger partial charge < -0.3 is 0 Å². The SMILES string of the molecule is CCCc1c(CC)cc(CC)c[n+]1CC. The van der Waals surface area contributed by atoms with E-state index in [9.17, 15) is 0 Å². The maximum atomic E-state index is 2.43. The lowest BCUT2D eigenvalue weighted by atomic mass is 10.0. The van der Waals surface area contributed by atoms with Gasteiger partial charge in [0.15, 0.2) is 11.9 Å². The summed E-state index contributed by atoms with van der Waals surface area (Å²) in [6, 6.07) is 2.39. The molecular formula is C14H24N+. The van der Waals surface area contributed by atoms with Gasteiger partial charge in [-0.3, -0.25) is 0 Å². The summed E-state index contributed by atoms with van der Waals surface area (Å²) < 4.78 is 2.43. The fourth-order valence-corrected chi connectivity index (χ4v) is 2.13. The van der Waals surface area contributed by atoms with Crippen LogP contribution in [0.1, 0.15) is 50.9 Å². The Morgan fingerprint density at radius 1 is 1.07 bits per heavy atom. The summed E-state index contributed by atoms with van der Waals surface area (Å²) in [5.41, 5.74) is 4.55. The highest BCUT2D eigenvalue weighted by Crippen LogP contribution is 2.11. The van der Waals surface area contributed by atoms with Crippen LogP contribution in [0.25, 0.3) is 0 Å². The predicted octanol–water partition coefficient (Wildman–Crippen LogP) is 3.07. The molecular weight excluding hydrogens is 182 g/mol.